The first-order valence-corrected chi connectivity index (χ1v) is 6.59. The molecule has 1 aromatic carbocycles. The molecular formula is C13H16FN5. The van der Waals surface area contributed by atoms with Crippen LogP contribution in [-0.2, 0) is 0 Å². The molecule has 1 heterocycles. The Bertz CT molecular complexity index is 574. The summed E-state index contributed by atoms with van der Waals surface area (Å²) >= 11 is 0. The highest BCUT2D eigenvalue weighted by atomic mass is 19.1. The van der Waals surface area contributed by atoms with Gasteiger partial charge in [-0.1, -0.05) is 19.3 Å². The van der Waals surface area contributed by atoms with E-state index in [1.165, 1.54) is 31.4 Å². The van der Waals surface area contributed by atoms with Gasteiger partial charge in [-0.15, -0.1) is 5.10 Å². The third-order valence-electron chi connectivity index (χ3n) is 3.64. The first-order chi connectivity index (χ1) is 9.25. The average Bonchev–Trinajstić information content (AvgIpc) is 2.91. The van der Waals surface area contributed by atoms with Crippen LogP contribution < -0.4 is 5.73 Å². The van der Waals surface area contributed by atoms with Crippen LogP contribution in [0.2, 0.25) is 0 Å². The van der Waals surface area contributed by atoms with Crippen LogP contribution in [0.4, 0.5) is 10.1 Å². The fourth-order valence-corrected chi connectivity index (χ4v) is 2.66. The molecule has 0 spiro atoms. The molecular weight excluding hydrogens is 245 g/mol. The topological polar surface area (TPSA) is 69.6 Å². The number of hydrogen-bond donors (Lipinski definition) is 1. The second-order valence-electron chi connectivity index (χ2n) is 4.98. The van der Waals surface area contributed by atoms with E-state index in [4.69, 9.17) is 5.73 Å². The van der Waals surface area contributed by atoms with Crippen molar-refractivity contribution in [3.8, 4) is 11.4 Å². The first kappa shape index (κ1) is 12.1. The van der Waals surface area contributed by atoms with Crippen molar-refractivity contribution in [3.63, 3.8) is 0 Å². The molecule has 2 N–H and O–H groups in total. The number of tetrazole rings is 1. The normalized spacial score (nSPS) is 16.7. The number of nitrogens with zero attached hydrogens (tertiary/aromatic N) is 4. The summed E-state index contributed by atoms with van der Waals surface area (Å²) in [7, 11) is 0. The van der Waals surface area contributed by atoms with Gasteiger partial charge in [0.1, 0.15) is 5.82 Å². The number of aromatic nitrogens is 4. The van der Waals surface area contributed by atoms with Gasteiger partial charge in [0, 0.05) is 5.69 Å². The van der Waals surface area contributed by atoms with Crippen molar-refractivity contribution in [2.75, 3.05) is 5.73 Å². The van der Waals surface area contributed by atoms with Gasteiger partial charge in [-0.05, 0) is 41.5 Å². The van der Waals surface area contributed by atoms with Crippen molar-refractivity contribution >= 4 is 5.69 Å². The zero-order valence-corrected chi connectivity index (χ0v) is 10.6. The summed E-state index contributed by atoms with van der Waals surface area (Å²) in [5.74, 6) is 0.123. The van der Waals surface area contributed by atoms with Crippen LogP contribution in [0.1, 0.15) is 38.1 Å². The number of halogens is 1. The second kappa shape index (κ2) is 4.95. The Balaban J connectivity index is 2.01. The summed E-state index contributed by atoms with van der Waals surface area (Å²) in [5, 5.41) is 11.7. The lowest BCUT2D eigenvalue weighted by atomic mass is 9.95. The van der Waals surface area contributed by atoms with Gasteiger partial charge in [0.15, 0.2) is 5.82 Å². The monoisotopic (exact) mass is 261 g/mol. The van der Waals surface area contributed by atoms with Crippen molar-refractivity contribution in [1.29, 1.82) is 0 Å². The van der Waals surface area contributed by atoms with Crippen LogP contribution >= 0.6 is 0 Å². The minimum absolute atomic E-state index is 0.264. The van der Waals surface area contributed by atoms with Gasteiger partial charge < -0.3 is 5.73 Å². The quantitative estimate of drug-likeness (QED) is 0.843. The molecule has 0 atom stereocenters. The Hall–Kier alpha value is -1.98. The van der Waals surface area contributed by atoms with Crippen molar-refractivity contribution in [1.82, 2.24) is 20.2 Å². The average molecular weight is 261 g/mol. The van der Waals surface area contributed by atoms with E-state index in [-0.39, 0.29) is 11.9 Å². The van der Waals surface area contributed by atoms with Crippen LogP contribution in [0.25, 0.3) is 11.4 Å². The number of rotatable bonds is 2. The fourth-order valence-electron chi connectivity index (χ4n) is 2.66. The molecule has 2 aromatic rings. The Morgan fingerprint density at radius 3 is 2.79 bits per heavy atom. The molecule has 19 heavy (non-hydrogen) atoms. The number of anilines is 1. The van der Waals surface area contributed by atoms with Crippen molar-refractivity contribution in [2.24, 2.45) is 0 Å². The highest BCUT2D eigenvalue weighted by Gasteiger charge is 2.22. The van der Waals surface area contributed by atoms with Crippen LogP contribution in [0.3, 0.4) is 0 Å². The molecule has 0 radical (unpaired) electrons. The number of benzene rings is 1. The fraction of sp³-hybridized carbons (Fsp3) is 0.462. The van der Waals surface area contributed by atoms with E-state index in [0.29, 0.717) is 17.1 Å². The zero-order valence-electron chi connectivity index (χ0n) is 10.6. The SMILES string of the molecule is Nc1ccc(F)c(-c2nnnn2C2CCCCC2)c1. The van der Waals surface area contributed by atoms with Crippen molar-refractivity contribution < 1.29 is 4.39 Å². The molecule has 0 aliphatic heterocycles. The number of nitrogen functional groups attached to an aromatic ring is 1. The highest BCUT2D eigenvalue weighted by Crippen LogP contribution is 2.31. The molecule has 1 aliphatic carbocycles. The van der Waals surface area contributed by atoms with E-state index < -0.39 is 0 Å². The van der Waals surface area contributed by atoms with Crippen molar-refractivity contribution in [2.45, 2.75) is 38.1 Å². The summed E-state index contributed by atoms with van der Waals surface area (Å²) in [5.41, 5.74) is 6.60. The van der Waals surface area contributed by atoms with Gasteiger partial charge in [-0.25, -0.2) is 9.07 Å². The molecule has 100 valence electrons. The first-order valence-electron chi connectivity index (χ1n) is 6.59. The summed E-state index contributed by atoms with van der Waals surface area (Å²) in [6, 6.07) is 4.73. The molecule has 6 heteroatoms. The molecule has 0 amide bonds. The zero-order chi connectivity index (χ0) is 13.2. The van der Waals surface area contributed by atoms with Gasteiger partial charge in [0.2, 0.25) is 0 Å². The van der Waals surface area contributed by atoms with E-state index >= 15 is 0 Å². The highest BCUT2D eigenvalue weighted by molar-refractivity contribution is 5.61. The van der Waals surface area contributed by atoms with Crippen LogP contribution in [-0.4, -0.2) is 20.2 Å². The summed E-state index contributed by atoms with van der Waals surface area (Å²) in [4.78, 5) is 0. The van der Waals surface area contributed by atoms with Crippen molar-refractivity contribution in [3.05, 3.63) is 24.0 Å². The smallest absolute Gasteiger partial charge is 0.185 e. The van der Waals surface area contributed by atoms with E-state index in [2.05, 4.69) is 15.5 Å². The third-order valence-corrected chi connectivity index (χ3v) is 3.64. The lowest BCUT2D eigenvalue weighted by molar-refractivity contribution is 0.326. The number of nitrogens with two attached hydrogens (primary N) is 1. The summed E-state index contributed by atoms with van der Waals surface area (Å²) in [6.45, 7) is 0. The molecule has 1 aliphatic rings. The Labute approximate surface area is 110 Å². The van der Waals surface area contributed by atoms with Crippen LogP contribution in [0, 0.1) is 5.82 Å². The standard InChI is InChI=1S/C13H16FN5/c14-12-7-6-9(15)8-11(12)13-16-17-18-19(13)10-4-2-1-3-5-10/h6-8,10H,1-5,15H2. The maximum Gasteiger partial charge on any atom is 0.185 e. The van der Waals surface area contributed by atoms with Gasteiger partial charge in [-0.2, -0.15) is 0 Å². The van der Waals surface area contributed by atoms with E-state index in [9.17, 15) is 4.39 Å². The Morgan fingerprint density at radius 2 is 2.00 bits per heavy atom. The molecule has 1 fully saturated rings. The molecule has 5 nitrogen and oxygen atoms in total. The van der Waals surface area contributed by atoms with Gasteiger partial charge in [0.05, 0.1) is 11.6 Å². The van der Waals surface area contributed by atoms with Gasteiger partial charge >= 0.3 is 0 Å². The third kappa shape index (κ3) is 2.30. The Morgan fingerprint density at radius 1 is 1.21 bits per heavy atom. The minimum atomic E-state index is -0.346. The molecule has 1 saturated carbocycles. The largest absolute Gasteiger partial charge is 0.399 e. The predicted molar refractivity (Wildman–Crippen MR) is 69.7 cm³/mol. The minimum Gasteiger partial charge on any atom is -0.399 e. The lowest BCUT2D eigenvalue weighted by Gasteiger charge is -2.22. The van der Waals surface area contributed by atoms with Gasteiger partial charge in [0.25, 0.3) is 0 Å². The second-order valence-corrected chi connectivity index (χ2v) is 4.98. The van der Waals surface area contributed by atoms with E-state index in [0.717, 1.165) is 12.8 Å². The molecule has 0 unspecified atom stereocenters. The van der Waals surface area contributed by atoms with Crippen LogP contribution in [0.15, 0.2) is 18.2 Å². The Kier molecular flexibility index (Phi) is 3.15. The van der Waals surface area contributed by atoms with E-state index in [1.807, 2.05) is 0 Å². The predicted octanol–water partition coefficient (Wildman–Crippen LogP) is 2.57. The lowest BCUT2D eigenvalue weighted by Crippen LogP contribution is -2.15. The summed E-state index contributed by atoms with van der Waals surface area (Å²) < 4.78 is 15.7. The molecule has 3 rings (SSSR count). The number of hydrogen-bond acceptors (Lipinski definition) is 4. The summed E-state index contributed by atoms with van der Waals surface area (Å²) in [6.07, 6.45) is 5.68. The van der Waals surface area contributed by atoms with Gasteiger partial charge in [-0.3, -0.25) is 0 Å². The van der Waals surface area contributed by atoms with E-state index in [1.54, 1.807) is 10.7 Å². The van der Waals surface area contributed by atoms with Crippen LogP contribution in [0.5, 0.6) is 0 Å². The molecule has 0 saturated heterocycles. The molecule has 0 bridgehead atoms. The molecule has 1 aromatic heterocycles. The maximum absolute atomic E-state index is 13.9. The maximum atomic E-state index is 13.9.